The molecule has 5 nitrogen and oxygen atoms in total. The normalized spacial score (nSPS) is 27.4. The highest BCUT2D eigenvalue weighted by atomic mass is 35.5. The Hall–Kier alpha value is -1.12. The maximum Gasteiger partial charge on any atom is 0.252 e. The van der Waals surface area contributed by atoms with Gasteiger partial charge in [-0.25, -0.2) is 12.8 Å². The Morgan fingerprint density at radius 3 is 2.87 bits per heavy atom. The van der Waals surface area contributed by atoms with E-state index in [0.29, 0.717) is 5.17 Å². The number of carbonyl (C=O) groups is 1. The van der Waals surface area contributed by atoms with Crippen molar-refractivity contribution in [1.82, 2.24) is 4.90 Å². The number of sulfone groups is 1. The number of carbonyl (C=O) groups excluding carboxylic acids is 1. The molecule has 0 radical (unpaired) electrons. The molecule has 0 saturated carbocycles. The van der Waals surface area contributed by atoms with E-state index in [0.717, 1.165) is 0 Å². The summed E-state index contributed by atoms with van der Waals surface area (Å²) in [5.74, 6) is -0.873. The van der Waals surface area contributed by atoms with E-state index in [1.54, 1.807) is 11.9 Å². The third-order valence-electron chi connectivity index (χ3n) is 3.94. The number of halogens is 2. The second-order valence-electron chi connectivity index (χ2n) is 5.58. The Morgan fingerprint density at radius 2 is 2.22 bits per heavy atom. The van der Waals surface area contributed by atoms with Gasteiger partial charge in [-0.3, -0.25) is 4.79 Å². The summed E-state index contributed by atoms with van der Waals surface area (Å²) in [7, 11) is -1.30. The maximum absolute atomic E-state index is 13.7. The molecule has 2 aliphatic rings. The molecule has 0 aromatic heterocycles. The molecule has 1 amide bonds. The molecule has 124 valence electrons. The number of amidine groups is 1. The molecule has 2 heterocycles. The van der Waals surface area contributed by atoms with Crippen LogP contribution in [-0.4, -0.2) is 54.2 Å². The van der Waals surface area contributed by atoms with Crippen LogP contribution in [0.25, 0.3) is 0 Å². The summed E-state index contributed by atoms with van der Waals surface area (Å²) >= 11 is 7.19. The van der Waals surface area contributed by atoms with Crippen LogP contribution in [-0.2, 0) is 21.1 Å². The van der Waals surface area contributed by atoms with Gasteiger partial charge in [0.25, 0.3) is 5.91 Å². The second kappa shape index (κ2) is 6.07. The van der Waals surface area contributed by atoms with Crippen molar-refractivity contribution < 1.29 is 17.6 Å². The molecule has 0 unspecified atom stereocenters. The summed E-state index contributed by atoms with van der Waals surface area (Å²) in [5, 5.41) is 0.565. The van der Waals surface area contributed by atoms with E-state index < -0.39 is 21.6 Å². The first-order chi connectivity index (χ1) is 10.8. The van der Waals surface area contributed by atoms with Gasteiger partial charge >= 0.3 is 0 Å². The molecular formula is C14H14ClFN2O3S2. The van der Waals surface area contributed by atoms with Crippen molar-refractivity contribution >= 4 is 44.3 Å². The maximum atomic E-state index is 13.7. The average Bonchev–Trinajstić information content (AvgIpc) is 2.89. The molecule has 23 heavy (non-hydrogen) atoms. The van der Waals surface area contributed by atoms with E-state index in [-0.39, 0.29) is 39.8 Å². The van der Waals surface area contributed by atoms with Gasteiger partial charge in [-0.05, 0) is 12.1 Å². The van der Waals surface area contributed by atoms with Gasteiger partial charge in [0, 0.05) is 22.9 Å². The Balaban J connectivity index is 1.75. The lowest BCUT2D eigenvalue weighted by molar-refractivity contribution is -0.117. The number of benzene rings is 1. The lowest BCUT2D eigenvalue weighted by Gasteiger charge is -2.17. The number of amides is 1. The van der Waals surface area contributed by atoms with Crippen molar-refractivity contribution in [3.05, 3.63) is 34.6 Å². The first-order valence-corrected chi connectivity index (χ1v) is 9.99. The molecule has 2 aliphatic heterocycles. The van der Waals surface area contributed by atoms with Gasteiger partial charge in [0.15, 0.2) is 15.0 Å². The zero-order valence-corrected chi connectivity index (χ0v) is 14.6. The highest BCUT2D eigenvalue weighted by Crippen LogP contribution is 2.37. The topological polar surface area (TPSA) is 66.8 Å². The summed E-state index contributed by atoms with van der Waals surface area (Å²) in [4.78, 5) is 17.8. The largest absolute Gasteiger partial charge is 0.349 e. The van der Waals surface area contributed by atoms with E-state index >= 15 is 0 Å². The van der Waals surface area contributed by atoms with Crippen LogP contribution >= 0.6 is 23.4 Å². The van der Waals surface area contributed by atoms with E-state index in [2.05, 4.69) is 4.99 Å². The van der Waals surface area contributed by atoms with Crippen LogP contribution in [0.15, 0.2) is 23.2 Å². The van der Waals surface area contributed by atoms with Gasteiger partial charge in [0.2, 0.25) is 0 Å². The molecule has 0 bridgehead atoms. The van der Waals surface area contributed by atoms with Crippen LogP contribution in [0.5, 0.6) is 0 Å². The van der Waals surface area contributed by atoms with E-state index in [9.17, 15) is 17.6 Å². The monoisotopic (exact) mass is 376 g/mol. The Kier molecular flexibility index (Phi) is 4.41. The van der Waals surface area contributed by atoms with E-state index in [4.69, 9.17) is 11.6 Å². The molecule has 2 atom stereocenters. The predicted octanol–water partition coefficient (Wildman–Crippen LogP) is 1.75. The Bertz CT molecular complexity index is 777. The van der Waals surface area contributed by atoms with Crippen molar-refractivity contribution in [2.75, 3.05) is 18.6 Å². The quantitative estimate of drug-likeness (QED) is 0.786. The highest BCUT2D eigenvalue weighted by molar-refractivity contribution is 8.15. The molecule has 0 N–H and O–H groups in total. The molecule has 0 spiro atoms. The predicted molar refractivity (Wildman–Crippen MR) is 89.1 cm³/mol. The minimum Gasteiger partial charge on any atom is -0.349 e. The Morgan fingerprint density at radius 1 is 1.48 bits per heavy atom. The molecule has 1 aromatic rings. The van der Waals surface area contributed by atoms with Crippen molar-refractivity contribution in [2.24, 2.45) is 4.99 Å². The lowest BCUT2D eigenvalue weighted by Crippen LogP contribution is -2.34. The standard InChI is InChI=1S/C14H14ClFN2O3S2/c1-18-11-6-23(20,21)7-12(11)22-14(18)17-13(19)5-8-9(15)3-2-4-10(8)16/h2-4,11-12H,5-7H2,1H3/t11-,12-/m0/s1. The van der Waals surface area contributed by atoms with Crippen molar-refractivity contribution in [3.63, 3.8) is 0 Å². The van der Waals surface area contributed by atoms with Crippen LogP contribution in [0.4, 0.5) is 4.39 Å². The highest BCUT2D eigenvalue weighted by Gasteiger charge is 2.47. The van der Waals surface area contributed by atoms with Crippen molar-refractivity contribution in [3.8, 4) is 0 Å². The van der Waals surface area contributed by atoms with Gasteiger partial charge in [0.1, 0.15) is 5.82 Å². The first-order valence-electron chi connectivity index (χ1n) is 6.91. The lowest BCUT2D eigenvalue weighted by atomic mass is 10.1. The molecule has 0 aliphatic carbocycles. The van der Waals surface area contributed by atoms with Crippen LogP contribution in [0.2, 0.25) is 5.02 Å². The molecule has 2 saturated heterocycles. The molecular weight excluding hydrogens is 363 g/mol. The number of nitrogens with zero attached hydrogens (tertiary/aromatic N) is 2. The third-order valence-corrected chi connectivity index (χ3v) is 7.59. The van der Waals surface area contributed by atoms with Gasteiger partial charge in [-0.2, -0.15) is 4.99 Å². The summed E-state index contributed by atoms with van der Waals surface area (Å²) in [5.41, 5.74) is 0.122. The molecule has 3 rings (SSSR count). The number of fused-ring (bicyclic) bond motifs is 1. The first kappa shape index (κ1) is 16.7. The van der Waals surface area contributed by atoms with Crippen LogP contribution in [0, 0.1) is 5.82 Å². The number of hydrogen-bond acceptors (Lipinski definition) is 4. The van der Waals surface area contributed by atoms with Crippen LogP contribution < -0.4 is 0 Å². The van der Waals surface area contributed by atoms with Crippen LogP contribution in [0.1, 0.15) is 5.56 Å². The number of thioether (sulfide) groups is 1. The fourth-order valence-corrected chi connectivity index (χ4v) is 6.98. The van der Waals surface area contributed by atoms with E-state index in [1.165, 1.54) is 30.0 Å². The SMILES string of the molecule is CN1C(=NC(=O)Cc2c(F)cccc2Cl)S[C@H]2CS(=O)(=O)C[C@@H]21. The van der Waals surface area contributed by atoms with E-state index in [1.807, 2.05) is 0 Å². The molecule has 2 fully saturated rings. The van der Waals surface area contributed by atoms with Gasteiger partial charge < -0.3 is 4.90 Å². The minimum atomic E-state index is -3.02. The molecule has 9 heteroatoms. The summed E-state index contributed by atoms with van der Waals surface area (Å²) in [6.07, 6.45) is -0.225. The summed E-state index contributed by atoms with van der Waals surface area (Å²) < 4.78 is 37.0. The van der Waals surface area contributed by atoms with Gasteiger partial charge in [0.05, 0.1) is 24.0 Å². The zero-order chi connectivity index (χ0) is 16.8. The number of rotatable bonds is 2. The summed E-state index contributed by atoms with van der Waals surface area (Å²) in [6.45, 7) is 0. The fourth-order valence-electron chi connectivity index (χ4n) is 2.73. The number of aliphatic imine (C=N–C) groups is 1. The third kappa shape index (κ3) is 3.39. The van der Waals surface area contributed by atoms with Gasteiger partial charge in [-0.15, -0.1) is 0 Å². The Labute approximate surface area is 142 Å². The summed E-state index contributed by atoms with van der Waals surface area (Å²) in [6, 6.07) is 4.08. The second-order valence-corrected chi connectivity index (χ2v) is 9.34. The van der Waals surface area contributed by atoms with Crippen molar-refractivity contribution in [1.29, 1.82) is 0 Å². The van der Waals surface area contributed by atoms with Gasteiger partial charge in [-0.1, -0.05) is 29.4 Å². The fraction of sp³-hybridized carbons (Fsp3) is 0.429. The smallest absolute Gasteiger partial charge is 0.252 e. The van der Waals surface area contributed by atoms with Crippen LogP contribution in [0.3, 0.4) is 0 Å². The average molecular weight is 377 g/mol. The minimum absolute atomic E-state index is 0.0769. The molecule has 1 aromatic carbocycles. The van der Waals surface area contributed by atoms with Crippen molar-refractivity contribution in [2.45, 2.75) is 17.7 Å². The zero-order valence-electron chi connectivity index (χ0n) is 12.2. The number of hydrogen-bond donors (Lipinski definition) is 0.